The number of fused-ring (bicyclic) bond motifs is 1. The van der Waals surface area contributed by atoms with E-state index in [1.807, 2.05) is 35.2 Å². The summed E-state index contributed by atoms with van der Waals surface area (Å²) in [5.74, 6) is 1.03. The Morgan fingerprint density at radius 1 is 1.15 bits per heavy atom. The fraction of sp³-hybridized carbons (Fsp3) is 0.400. The van der Waals surface area contributed by atoms with E-state index in [0.717, 1.165) is 55.3 Å². The highest BCUT2D eigenvalue weighted by Crippen LogP contribution is 2.34. The van der Waals surface area contributed by atoms with Crippen LogP contribution >= 0.6 is 0 Å². The highest BCUT2D eigenvalue weighted by Gasteiger charge is 2.37. The van der Waals surface area contributed by atoms with Crippen LogP contribution in [0.1, 0.15) is 59.4 Å². The highest BCUT2D eigenvalue weighted by molar-refractivity contribution is 5.94. The maximum atomic E-state index is 13.2. The van der Waals surface area contributed by atoms with E-state index in [4.69, 9.17) is 4.52 Å². The van der Waals surface area contributed by atoms with Crippen molar-refractivity contribution in [3.05, 3.63) is 53.2 Å². The number of benzene rings is 1. The lowest BCUT2D eigenvalue weighted by molar-refractivity contribution is 0.0703. The number of carbonyl (C=O) groups is 1. The average Bonchev–Trinajstić information content (AvgIpc) is 3.46. The summed E-state index contributed by atoms with van der Waals surface area (Å²) >= 11 is 0. The van der Waals surface area contributed by atoms with Crippen molar-refractivity contribution in [3.63, 3.8) is 0 Å². The van der Waals surface area contributed by atoms with Crippen LogP contribution in [0.2, 0.25) is 0 Å². The second-order valence-electron chi connectivity index (χ2n) is 7.22. The summed E-state index contributed by atoms with van der Waals surface area (Å²) in [6, 6.07) is 9.55. The van der Waals surface area contributed by atoms with E-state index < -0.39 is 0 Å². The first-order valence-electron chi connectivity index (χ1n) is 9.57. The third kappa shape index (κ3) is 2.83. The number of hydrogen-bond donors (Lipinski definition) is 1. The molecule has 138 valence electrons. The lowest BCUT2D eigenvalue weighted by Gasteiger charge is -2.22. The molecule has 5 rings (SSSR count). The molecule has 0 spiro atoms. The summed E-state index contributed by atoms with van der Waals surface area (Å²) in [5, 5.41) is 11.5. The molecule has 2 aromatic heterocycles. The molecule has 1 unspecified atom stereocenters. The summed E-state index contributed by atoms with van der Waals surface area (Å²) < 4.78 is 5.53. The van der Waals surface area contributed by atoms with Crippen molar-refractivity contribution in [1.82, 2.24) is 25.2 Å². The number of carbonyl (C=O) groups excluding carboxylic acids is 1. The van der Waals surface area contributed by atoms with Crippen LogP contribution in [-0.4, -0.2) is 37.7 Å². The van der Waals surface area contributed by atoms with Crippen molar-refractivity contribution in [1.29, 1.82) is 0 Å². The second kappa shape index (κ2) is 6.64. The number of rotatable bonds is 3. The molecular formula is C20H21N5O2. The predicted molar refractivity (Wildman–Crippen MR) is 98.0 cm³/mol. The molecule has 1 aliphatic heterocycles. The van der Waals surface area contributed by atoms with Crippen LogP contribution in [0.25, 0.3) is 11.4 Å². The first kappa shape index (κ1) is 16.2. The van der Waals surface area contributed by atoms with Crippen LogP contribution in [0.4, 0.5) is 0 Å². The molecule has 1 saturated heterocycles. The van der Waals surface area contributed by atoms with E-state index >= 15 is 0 Å². The van der Waals surface area contributed by atoms with Gasteiger partial charge in [0.25, 0.3) is 5.91 Å². The fourth-order valence-electron chi connectivity index (χ4n) is 4.14. The van der Waals surface area contributed by atoms with Crippen molar-refractivity contribution < 1.29 is 9.32 Å². The SMILES string of the molecule is O=C(c1n[nH]c2c1CCCC2)N1CCCC1c1nc(-c2ccccc2)no1. The lowest BCUT2D eigenvalue weighted by Crippen LogP contribution is -2.31. The quantitative estimate of drug-likeness (QED) is 0.771. The molecule has 1 amide bonds. The molecule has 1 fully saturated rings. The number of H-pyrrole nitrogens is 1. The highest BCUT2D eigenvalue weighted by atomic mass is 16.5. The van der Waals surface area contributed by atoms with Crippen LogP contribution in [0.3, 0.4) is 0 Å². The zero-order chi connectivity index (χ0) is 18.2. The van der Waals surface area contributed by atoms with Crippen molar-refractivity contribution in [2.24, 2.45) is 0 Å². The summed E-state index contributed by atoms with van der Waals surface area (Å²) in [6.45, 7) is 0.689. The summed E-state index contributed by atoms with van der Waals surface area (Å²) in [6.07, 6.45) is 5.91. The van der Waals surface area contributed by atoms with Crippen LogP contribution in [0.15, 0.2) is 34.9 Å². The van der Waals surface area contributed by atoms with Gasteiger partial charge in [-0.15, -0.1) is 0 Å². The van der Waals surface area contributed by atoms with E-state index in [2.05, 4.69) is 20.3 Å². The third-order valence-electron chi connectivity index (χ3n) is 5.53. The van der Waals surface area contributed by atoms with Crippen LogP contribution < -0.4 is 0 Å². The molecule has 1 aliphatic carbocycles. The Labute approximate surface area is 156 Å². The Morgan fingerprint density at radius 2 is 2.00 bits per heavy atom. The molecule has 1 N–H and O–H groups in total. The molecule has 1 atom stereocenters. The monoisotopic (exact) mass is 363 g/mol. The minimum atomic E-state index is -0.182. The van der Waals surface area contributed by atoms with Crippen LogP contribution in [0, 0.1) is 0 Å². The average molecular weight is 363 g/mol. The summed E-state index contributed by atoms with van der Waals surface area (Å²) in [4.78, 5) is 19.6. The van der Waals surface area contributed by atoms with Crippen molar-refractivity contribution in [2.75, 3.05) is 6.54 Å². The summed E-state index contributed by atoms with van der Waals surface area (Å²) in [5.41, 5.74) is 3.68. The molecule has 2 aliphatic rings. The van der Waals surface area contributed by atoms with E-state index in [1.165, 1.54) is 0 Å². The topological polar surface area (TPSA) is 87.9 Å². The van der Waals surface area contributed by atoms with Crippen LogP contribution in [0.5, 0.6) is 0 Å². The van der Waals surface area contributed by atoms with Crippen molar-refractivity contribution in [3.8, 4) is 11.4 Å². The van der Waals surface area contributed by atoms with Gasteiger partial charge in [-0.25, -0.2) is 0 Å². The number of amides is 1. The van der Waals surface area contributed by atoms with E-state index in [1.54, 1.807) is 0 Å². The smallest absolute Gasteiger partial charge is 0.275 e. The number of hydrogen-bond acceptors (Lipinski definition) is 5. The molecule has 0 radical (unpaired) electrons. The molecule has 0 bridgehead atoms. The molecule has 7 nitrogen and oxygen atoms in total. The number of aryl methyl sites for hydroxylation is 1. The number of aromatic amines is 1. The first-order valence-corrected chi connectivity index (χ1v) is 9.57. The van der Waals surface area contributed by atoms with Gasteiger partial charge in [0.15, 0.2) is 5.69 Å². The minimum Gasteiger partial charge on any atom is -0.337 e. The second-order valence-corrected chi connectivity index (χ2v) is 7.22. The summed E-state index contributed by atoms with van der Waals surface area (Å²) in [7, 11) is 0. The molecule has 0 saturated carbocycles. The van der Waals surface area contributed by atoms with E-state index in [9.17, 15) is 4.79 Å². The Bertz CT molecular complexity index is 962. The lowest BCUT2D eigenvalue weighted by atomic mass is 9.95. The van der Waals surface area contributed by atoms with Gasteiger partial charge < -0.3 is 9.42 Å². The Balaban J connectivity index is 1.42. The van der Waals surface area contributed by atoms with Crippen molar-refractivity contribution in [2.45, 2.75) is 44.6 Å². The largest absolute Gasteiger partial charge is 0.337 e. The molecule has 1 aromatic carbocycles. The molecule has 7 heteroatoms. The molecule has 3 heterocycles. The first-order chi connectivity index (χ1) is 13.3. The van der Waals surface area contributed by atoms with Crippen LogP contribution in [-0.2, 0) is 12.8 Å². The number of likely N-dealkylation sites (tertiary alicyclic amines) is 1. The zero-order valence-corrected chi connectivity index (χ0v) is 15.0. The standard InChI is InChI=1S/C20H21N5O2/c26-20(17-14-9-4-5-10-15(14)22-23-17)25-12-6-11-16(25)19-21-18(24-27-19)13-7-2-1-3-8-13/h1-3,7-8,16H,4-6,9-12H2,(H,22,23). The van der Waals surface area contributed by atoms with Gasteiger partial charge in [-0.2, -0.15) is 10.1 Å². The molecule has 27 heavy (non-hydrogen) atoms. The number of nitrogens with one attached hydrogen (secondary N) is 1. The van der Waals surface area contributed by atoms with Gasteiger partial charge in [0.1, 0.15) is 6.04 Å². The maximum Gasteiger partial charge on any atom is 0.275 e. The minimum absolute atomic E-state index is 0.0311. The predicted octanol–water partition coefficient (Wildman–Crippen LogP) is 3.32. The van der Waals surface area contributed by atoms with Crippen molar-refractivity contribution >= 4 is 5.91 Å². The van der Waals surface area contributed by atoms with Gasteiger partial charge in [0.05, 0.1) is 0 Å². The van der Waals surface area contributed by atoms with Gasteiger partial charge in [0, 0.05) is 23.4 Å². The maximum absolute atomic E-state index is 13.2. The molecule has 3 aromatic rings. The van der Waals surface area contributed by atoms with E-state index in [-0.39, 0.29) is 11.9 Å². The van der Waals surface area contributed by atoms with Gasteiger partial charge in [-0.3, -0.25) is 9.89 Å². The Kier molecular flexibility index (Phi) is 3.99. The van der Waals surface area contributed by atoms with E-state index in [0.29, 0.717) is 24.0 Å². The molecular weight excluding hydrogens is 342 g/mol. The Hall–Kier alpha value is -2.96. The van der Waals surface area contributed by atoms with Gasteiger partial charge in [-0.1, -0.05) is 35.5 Å². The number of nitrogens with zero attached hydrogens (tertiary/aromatic N) is 4. The Morgan fingerprint density at radius 3 is 2.89 bits per heavy atom. The zero-order valence-electron chi connectivity index (χ0n) is 15.0. The van der Waals surface area contributed by atoms with Gasteiger partial charge in [0.2, 0.25) is 11.7 Å². The number of aromatic nitrogens is 4. The van der Waals surface area contributed by atoms with Gasteiger partial charge in [-0.05, 0) is 38.5 Å². The normalized spacial score (nSPS) is 19.3. The third-order valence-corrected chi connectivity index (χ3v) is 5.53. The van der Waals surface area contributed by atoms with Gasteiger partial charge >= 0.3 is 0 Å². The fourth-order valence-corrected chi connectivity index (χ4v) is 4.14.